The predicted octanol–water partition coefficient (Wildman–Crippen LogP) is 2.49. The van der Waals surface area contributed by atoms with Crippen molar-refractivity contribution in [2.45, 2.75) is 20.3 Å². The van der Waals surface area contributed by atoms with Crippen LogP contribution in [0.1, 0.15) is 26.9 Å². The highest BCUT2D eigenvalue weighted by Gasteiger charge is 2.20. The SMILES string of the molecule is Cc1cc(-c2csc(CC(=O)N(C)C)n2)c(C)n1NC(=O)c1nn(C)c(=O)c2ccccc12. The number of thiazole rings is 1. The van der Waals surface area contributed by atoms with Gasteiger partial charge in [0.15, 0.2) is 5.69 Å². The van der Waals surface area contributed by atoms with E-state index in [0.717, 1.165) is 27.7 Å². The number of nitrogens with zero attached hydrogens (tertiary/aromatic N) is 5. The van der Waals surface area contributed by atoms with E-state index < -0.39 is 5.91 Å². The zero-order valence-corrected chi connectivity index (χ0v) is 19.9. The maximum atomic E-state index is 13.2. The molecule has 9 nitrogen and oxygen atoms in total. The van der Waals surface area contributed by atoms with Gasteiger partial charge < -0.3 is 4.90 Å². The average molecular weight is 465 g/mol. The van der Waals surface area contributed by atoms with Gasteiger partial charge in [0.25, 0.3) is 11.5 Å². The highest BCUT2D eigenvalue weighted by molar-refractivity contribution is 7.10. The first kappa shape index (κ1) is 22.4. The molecule has 3 aromatic heterocycles. The number of carbonyl (C=O) groups excluding carboxylic acids is 2. The maximum absolute atomic E-state index is 13.2. The van der Waals surface area contributed by atoms with Crippen molar-refractivity contribution in [3.63, 3.8) is 0 Å². The highest BCUT2D eigenvalue weighted by atomic mass is 32.1. The minimum absolute atomic E-state index is 0.00868. The monoisotopic (exact) mass is 464 g/mol. The molecule has 1 N–H and O–H groups in total. The number of likely N-dealkylation sites (N-methyl/N-ethyl adjacent to an activating group) is 1. The Labute approximate surface area is 194 Å². The number of hydrogen-bond donors (Lipinski definition) is 1. The molecule has 4 aromatic rings. The second-order valence-corrected chi connectivity index (χ2v) is 8.92. The van der Waals surface area contributed by atoms with Crippen LogP contribution >= 0.6 is 11.3 Å². The van der Waals surface area contributed by atoms with E-state index >= 15 is 0 Å². The van der Waals surface area contributed by atoms with Crippen molar-refractivity contribution >= 4 is 33.9 Å². The number of carbonyl (C=O) groups is 2. The van der Waals surface area contributed by atoms with E-state index in [1.807, 2.05) is 25.3 Å². The maximum Gasteiger partial charge on any atom is 0.291 e. The number of benzene rings is 1. The Bertz CT molecular complexity index is 1450. The number of aryl methyl sites for hydroxylation is 2. The molecular weight excluding hydrogens is 440 g/mol. The van der Waals surface area contributed by atoms with Crippen molar-refractivity contribution in [1.82, 2.24) is 24.3 Å². The summed E-state index contributed by atoms with van der Waals surface area (Å²) in [5.74, 6) is -0.434. The summed E-state index contributed by atoms with van der Waals surface area (Å²) in [5, 5.41) is 7.77. The first-order valence-corrected chi connectivity index (χ1v) is 11.2. The lowest BCUT2D eigenvalue weighted by Crippen LogP contribution is -2.29. The van der Waals surface area contributed by atoms with E-state index in [1.165, 1.54) is 23.1 Å². The van der Waals surface area contributed by atoms with Crippen molar-refractivity contribution in [3.05, 3.63) is 68.2 Å². The van der Waals surface area contributed by atoms with E-state index in [-0.39, 0.29) is 23.6 Å². The fourth-order valence-electron chi connectivity index (χ4n) is 3.62. The third-order valence-corrected chi connectivity index (χ3v) is 6.29. The Hall–Kier alpha value is -3.79. The smallest absolute Gasteiger partial charge is 0.291 e. The molecule has 170 valence electrons. The van der Waals surface area contributed by atoms with Gasteiger partial charge in [0.2, 0.25) is 5.91 Å². The molecule has 0 saturated heterocycles. The molecule has 3 heterocycles. The van der Waals surface area contributed by atoms with Crippen LogP contribution in [-0.4, -0.2) is 50.3 Å². The summed E-state index contributed by atoms with van der Waals surface area (Å²) in [4.78, 5) is 43.7. The van der Waals surface area contributed by atoms with Crippen molar-refractivity contribution in [2.24, 2.45) is 7.05 Å². The van der Waals surface area contributed by atoms with Crippen molar-refractivity contribution in [3.8, 4) is 11.3 Å². The number of aromatic nitrogens is 4. The van der Waals surface area contributed by atoms with Crippen LogP contribution in [-0.2, 0) is 18.3 Å². The van der Waals surface area contributed by atoms with E-state index in [1.54, 1.807) is 47.9 Å². The molecule has 0 aliphatic rings. The van der Waals surface area contributed by atoms with Crippen LogP contribution in [0, 0.1) is 13.8 Å². The van der Waals surface area contributed by atoms with Gasteiger partial charge >= 0.3 is 0 Å². The molecule has 33 heavy (non-hydrogen) atoms. The molecule has 0 aliphatic heterocycles. The molecule has 10 heteroatoms. The Morgan fingerprint density at radius 3 is 2.55 bits per heavy atom. The summed E-state index contributed by atoms with van der Waals surface area (Å²) >= 11 is 1.43. The number of hydrogen-bond acceptors (Lipinski definition) is 6. The van der Waals surface area contributed by atoms with Gasteiger partial charge in [-0.05, 0) is 26.0 Å². The molecule has 0 spiro atoms. The second kappa shape index (κ2) is 8.62. The van der Waals surface area contributed by atoms with E-state index in [9.17, 15) is 14.4 Å². The molecule has 0 fully saturated rings. The average Bonchev–Trinajstić information content (AvgIpc) is 3.35. The zero-order valence-electron chi connectivity index (χ0n) is 19.0. The molecular formula is C23H24N6O3S. The first-order valence-electron chi connectivity index (χ1n) is 10.3. The molecule has 0 unspecified atom stereocenters. The summed E-state index contributed by atoms with van der Waals surface area (Å²) in [6.07, 6.45) is 0.249. The van der Waals surface area contributed by atoms with Crippen LogP contribution in [0.5, 0.6) is 0 Å². The molecule has 0 aliphatic carbocycles. The largest absolute Gasteiger partial charge is 0.348 e. The van der Waals surface area contributed by atoms with Crippen molar-refractivity contribution < 1.29 is 9.59 Å². The summed E-state index contributed by atoms with van der Waals surface area (Å²) in [6.45, 7) is 3.77. The van der Waals surface area contributed by atoms with Crippen LogP contribution in [0.4, 0.5) is 0 Å². The molecule has 4 rings (SSSR count). The topological polar surface area (TPSA) is 102 Å². The number of rotatable bonds is 5. The minimum atomic E-state index is -0.425. The molecule has 1 aromatic carbocycles. The van der Waals surface area contributed by atoms with Gasteiger partial charge in [0.05, 0.1) is 17.5 Å². The standard InChI is InChI=1S/C23H24N6O3S/c1-13-10-17(18-12-33-19(24-18)11-20(30)27(3)4)14(2)29(13)26-22(31)21-15-8-6-7-9-16(15)23(32)28(5)25-21/h6-10,12H,11H2,1-5H3,(H,26,31). The third kappa shape index (κ3) is 4.17. The predicted molar refractivity (Wildman–Crippen MR) is 128 cm³/mol. The van der Waals surface area contributed by atoms with E-state index in [4.69, 9.17) is 0 Å². The van der Waals surface area contributed by atoms with Crippen LogP contribution < -0.4 is 11.0 Å². The van der Waals surface area contributed by atoms with Crippen molar-refractivity contribution in [2.75, 3.05) is 19.5 Å². The van der Waals surface area contributed by atoms with Crippen molar-refractivity contribution in [1.29, 1.82) is 0 Å². The zero-order chi connectivity index (χ0) is 23.9. The van der Waals surface area contributed by atoms with E-state index in [0.29, 0.717) is 10.8 Å². The Morgan fingerprint density at radius 2 is 1.85 bits per heavy atom. The highest BCUT2D eigenvalue weighted by Crippen LogP contribution is 2.28. The lowest BCUT2D eigenvalue weighted by molar-refractivity contribution is -0.127. The summed E-state index contributed by atoms with van der Waals surface area (Å²) < 4.78 is 2.85. The Balaban J connectivity index is 1.65. The molecule has 0 saturated carbocycles. The second-order valence-electron chi connectivity index (χ2n) is 7.98. The van der Waals surface area contributed by atoms with Gasteiger partial charge in [-0.2, -0.15) is 5.10 Å². The quantitative estimate of drug-likeness (QED) is 0.489. The van der Waals surface area contributed by atoms with Crippen LogP contribution in [0.2, 0.25) is 0 Å². The fraction of sp³-hybridized carbons (Fsp3) is 0.261. The van der Waals surface area contributed by atoms with Gasteiger partial charge in [-0.25, -0.2) is 9.67 Å². The Kier molecular flexibility index (Phi) is 5.86. The summed E-state index contributed by atoms with van der Waals surface area (Å²) in [6, 6.07) is 8.86. The number of fused-ring (bicyclic) bond motifs is 1. The van der Waals surface area contributed by atoms with Gasteiger partial charge in [0.1, 0.15) is 5.01 Å². The molecule has 2 amide bonds. The van der Waals surface area contributed by atoms with Gasteiger partial charge in [-0.3, -0.25) is 24.5 Å². The van der Waals surface area contributed by atoms with Gasteiger partial charge in [-0.1, -0.05) is 18.2 Å². The minimum Gasteiger partial charge on any atom is -0.348 e. The van der Waals surface area contributed by atoms with Crippen LogP contribution in [0.3, 0.4) is 0 Å². The van der Waals surface area contributed by atoms with E-state index in [2.05, 4.69) is 15.5 Å². The first-order chi connectivity index (χ1) is 15.7. The Morgan fingerprint density at radius 1 is 1.15 bits per heavy atom. The number of nitrogens with one attached hydrogen (secondary N) is 1. The molecule has 0 atom stereocenters. The lowest BCUT2D eigenvalue weighted by atomic mass is 10.1. The fourth-order valence-corrected chi connectivity index (χ4v) is 4.40. The molecule has 0 bridgehead atoms. The van der Waals surface area contributed by atoms with Crippen LogP contribution in [0.15, 0.2) is 40.5 Å². The summed E-state index contributed by atoms with van der Waals surface area (Å²) in [7, 11) is 4.96. The normalized spacial score (nSPS) is 11.1. The molecule has 0 radical (unpaired) electrons. The lowest BCUT2D eigenvalue weighted by Gasteiger charge is -2.13. The number of amides is 2. The third-order valence-electron chi connectivity index (χ3n) is 5.45. The van der Waals surface area contributed by atoms with Gasteiger partial charge in [0, 0.05) is 48.9 Å². The van der Waals surface area contributed by atoms with Crippen LogP contribution in [0.25, 0.3) is 22.0 Å². The summed E-state index contributed by atoms with van der Waals surface area (Å²) in [5.41, 5.74) is 6.02. The van der Waals surface area contributed by atoms with Gasteiger partial charge in [-0.15, -0.1) is 11.3 Å².